The molecule has 2 aliphatic rings. The van der Waals surface area contributed by atoms with Gasteiger partial charge in [-0.05, 0) is 73.4 Å². The maximum atomic E-state index is 14.8. The highest BCUT2D eigenvalue weighted by atomic mass is 32.2. The topological polar surface area (TPSA) is 115 Å². The summed E-state index contributed by atoms with van der Waals surface area (Å²) in [5.74, 6) is -0.0307. The van der Waals surface area contributed by atoms with Crippen molar-refractivity contribution in [2.45, 2.75) is 49.6 Å². The summed E-state index contributed by atoms with van der Waals surface area (Å²) in [4.78, 5) is 16.9. The lowest BCUT2D eigenvalue weighted by Gasteiger charge is -2.25. The van der Waals surface area contributed by atoms with Crippen molar-refractivity contribution in [2.75, 3.05) is 12.4 Å². The Morgan fingerprint density at radius 2 is 1.97 bits per heavy atom. The van der Waals surface area contributed by atoms with E-state index in [4.69, 9.17) is 4.74 Å². The Hall–Kier alpha value is -3.47. The van der Waals surface area contributed by atoms with Gasteiger partial charge in [0.25, 0.3) is 10.0 Å². The number of nitrogens with one attached hydrogen (secondary N) is 2. The average Bonchev–Trinajstić information content (AvgIpc) is 3.45. The highest BCUT2D eigenvalue weighted by Crippen LogP contribution is 2.39. The minimum absolute atomic E-state index is 0.194. The zero-order valence-corrected chi connectivity index (χ0v) is 19.4. The molecule has 11 heteroatoms. The van der Waals surface area contributed by atoms with Gasteiger partial charge in [-0.2, -0.15) is 13.5 Å². The van der Waals surface area contributed by atoms with Crippen molar-refractivity contribution in [3.8, 4) is 17.0 Å². The van der Waals surface area contributed by atoms with E-state index in [9.17, 15) is 17.6 Å². The van der Waals surface area contributed by atoms with Crippen LogP contribution in [-0.2, 0) is 22.9 Å². The summed E-state index contributed by atoms with van der Waals surface area (Å²) in [6.45, 7) is 0. The highest BCUT2D eigenvalue weighted by molar-refractivity contribution is 7.90. The third kappa shape index (κ3) is 4.11. The SMILES string of the molecule is COc1cc(-c2cc(F)c3c(c2NC(=O)NS(=O)(=O)c2ccn(C4CCC4)n2)CCC3)ccn1. The van der Waals surface area contributed by atoms with Gasteiger partial charge < -0.3 is 10.1 Å². The minimum atomic E-state index is -4.18. The number of hydrogen-bond donors (Lipinski definition) is 2. The number of aromatic nitrogens is 3. The van der Waals surface area contributed by atoms with Crippen molar-refractivity contribution in [1.82, 2.24) is 19.5 Å². The molecule has 0 saturated heterocycles. The van der Waals surface area contributed by atoms with Crippen molar-refractivity contribution in [3.05, 3.63) is 53.6 Å². The molecule has 2 N–H and O–H groups in total. The lowest BCUT2D eigenvalue weighted by Crippen LogP contribution is -2.35. The summed E-state index contributed by atoms with van der Waals surface area (Å²) in [5, 5.41) is 6.57. The van der Waals surface area contributed by atoms with Gasteiger partial charge in [0.05, 0.1) is 18.8 Å². The Balaban J connectivity index is 1.44. The molecule has 5 rings (SSSR count). The zero-order valence-electron chi connectivity index (χ0n) is 18.5. The van der Waals surface area contributed by atoms with Crippen LogP contribution in [-0.4, -0.2) is 36.3 Å². The van der Waals surface area contributed by atoms with Crippen LogP contribution in [0.5, 0.6) is 5.88 Å². The van der Waals surface area contributed by atoms with Crippen molar-refractivity contribution < 1.29 is 22.3 Å². The Labute approximate surface area is 196 Å². The molecule has 0 spiro atoms. The van der Waals surface area contributed by atoms with Crippen molar-refractivity contribution in [3.63, 3.8) is 0 Å². The molecule has 2 amide bonds. The number of nitrogens with zero attached hydrogens (tertiary/aromatic N) is 3. The van der Waals surface area contributed by atoms with E-state index in [1.807, 2.05) is 4.72 Å². The number of urea groups is 1. The molecule has 9 nitrogen and oxygen atoms in total. The largest absolute Gasteiger partial charge is 0.481 e. The second kappa shape index (κ2) is 8.71. The quantitative estimate of drug-likeness (QED) is 0.549. The van der Waals surface area contributed by atoms with Crippen LogP contribution in [0.4, 0.5) is 14.9 Å². The number of carbonyl (C=O) groups excluding carboxylic acids is 1. The number of rotatable bonds is 6. The summed E-state index contributed by atoms with van der Waals surface area (Å²) in [5.41, 5.74) is 2.56. The summed E-state index contributed by atoms with van der Waals surface area (Å²) < 4.78 is 49.2. The van der Waals surface area contributed by atoms with E-state index >= 15 is 0 Å². The molecule has 0 aliphatic heterocycles. The lowest BCUT2D eigenvalue weighted by atomic mass is 9.93. The van der Waals surface area contributed by atoms with Gasteiger partial charge in [0.1, 0.15) is 5.82 Å². The van der Waals surface area contributed by atoms with Gasteiger partial charge in [-0.25, -0.2) is 18.9 Å². The highest BCUT2D eigenvalue weighted by Gasteiger charge is 2.28. The Morgan fingerprint density at radius 1 is 1.18 bits per heavy atom. The number of sulfonamides is 1. The third-order valence-corrected chi connectivity index (χ3v) is 7.60. The normalized spacial score (nSPS) is 15.5. The van der Waals surface area contributed by atoms with E-state index in [1.54, 1.807) is 23.0 Å². The number of ether oxygens (including phenoxy) is 1. The molecule has 0 bridgehead atoms. The first-order chi connectivity index (χ1) is 16.4. The first kappa shape index (κ1) is 22.3. The standard InChI is InChI=1S/C23H24FN5O4S/c1-33-20-12-14(8-10-25-20)18-13-19(24)16-6-3-7-17(16)22(18)26-23(30)28-34(31,32)21-9-11-29(27-21)15-4-2-5-15/h8-13,15H,2-7H2,1H3,(H2,26,28,30). The zero-order chi connectivity index (χ0) is 23.9. The molecule has 2 aromatic heterocycles. The molecule has 2 aliphatic carbocycles. The fourth-order valence-electron chi connectivity index (χ4n) is 4.42. The molecule has 3 aromatic rings. The predicted octanol–water partition coefficient (Wildman–Crippen LogP) is 3.82. The molecular formula is C23H24FN5O4S. The van der Waals surface area contributed by atoms with E-state index < -0.39 is 16.1 Å². The molecule has 178 valence electrons. The maximum Gasteiger partial charge on any atom is 0.333 e. The predicted molar refractivity (Wildman–Crippen MR) is 123 cm³/mol. The van der Waals surface area contributed by atoms with E-state index in [2.05, 4.69) is 15.4 Å². The first-order valence-electron chi connectivity index (χ1n) is 11.1. The van der Waals surface area contributed by atoms with Gasteiger partial charge in [-0.1, -0.05) is 0 Å². The van der Waals surface area contributed by atoms with Gasteiger partial charge in [-0.3, -0.25) is 4.68 Å². The van der Waals surface area contributed by atoms with E-state index in [1.165, 1.54) is 25.4 Å². The third-order valence-electron chi connectivity index (χ3n) is 6.38. The Morgan fingerprint density at radius 3 is 2.71 bits per heavy atom. The van der Waals surface area contributed by atoms with Crippen molar-refractivity contribution in [1.29, 1.82) is 0 Å². The number of benzene rings is 1. The number of hydrogen-bond acceptors (Lipinski definition) is 6. The summed E-state index contributed by atoms with van der Waals surface area (Å²) >= 11 is 0. The Bertz CT molecular complexity index is 1370. The van der Waals surface area contributed by atoms with E-state index in [0.29, 0.717) is 46.7 Å². The van der Waals surface area contributed by atoms with E-state index in [0.717, 1.165) is 25.7 Å². The monoisotopic (exact) mass is 485 g/mol. The molecule has 0 atom stereocenters. The van der Waals surface area contributed by atoms with Crippen LogP contribution in [0.15, 0.2) is 41.7 Å². The van der Waals surface area contributed by atoms with E-state index in [-0.39, 0.29) is 16.9 Å². The maximum absolute atomic E-state index is 14.8. The molecular weight excluding hydrogens is 461 g/mol. The van der Waals surface area contributed by atoms with Gasteiger partial charge >= 0.3 is 6.03 Å². The van der Waals surface area contributed by atoms with Crippen molar-refractivity contribution in [2.24, 2.45) is 0 Å². The van der Waals surface area contributed by atoms with Gasteiger partial charge in [0, 0.05) is 24.0 Å². The molecule has 0 radical (unpaired) electrons. The molecule has 1 saturated carbocycles. The smallest absolute Gasteiger partial charge is 0.333 e. The van der Waals surface area contributed by atoms with Crippen LogP contribution in [0.2, 0.25) is 0 Å². The number of halogens is 1. The summed E-state index contributed by atoms with van der Waals surface area (Å²) in [6.07, 6.45) is 7.97. The van der Waals surface area contributed by atoms with Crippen LogP contribution in [0.1, 0.15) is 42.9 Å². The van der Waals surface area contributed by atoms with Crippen molar-refractivity contribution >= 4 is 21.7 Å². The van der Waals surface area contributed by atoms with Gasteiger partial charge in [-0.15, -0.1) is 0 Å². The van der Waals surface area contributed by atoms with Gasteiger partial charge in [0.2, 0.25) is 5.88 Å². The van der Waals surface area contributed by atoms with Crippen LogP contribution in [0.3, 0.4) is 0 Å². The van der Waals surface area contributed by atoms with Crippen LogP contribution >= 0.6 is 0 Å². The average molecular weight is 486 g/mol. The Kier molecular flexibility index (Phi) is 5.72. The fourth-order valence-corrected chi connectivity index (χ4v) is 5.26. The number of anilines is 1. The molecule has 34 heavy (non-hydrogen) atoms. The fraction of sp³-hybridized carbons (Fsp3) is 0.348. The number of amides is 2. The molecule has 1 aromatic carbocycles. The second-order valence-corrected chi connectivity index (χ2v) is 10.1. The summed E-state index contributed by atoms with van der Waals surface area (Å²) in [7, 11) is -2.71. The molecule has 1 fully saturated rings. The van der Waals surface area contributed by atoms with Crippen LogP contribution < -0.4 is 14.8 Å². The number of pyridine rings is 1. The number of methoxy groups -OCH3 is 1. The number of fused-ring (bicyclic) bond motifs is 1. The van der Waals surface area contributed by atoms with Crippen LogP contribution in [0.25, 0.3) is 11.1 Å². The second-order valence-electron chi connectivity index (χ2n) is 8.46. The van der Waals surface area contributed by atoms with Crippen LogP contribution in [0, 0.1) is 5.82 Å². The summed E-state index contributed by atoms with van der Waals surface area (Å²) in [6, 6.07) is 5.27. The first-order valence-corrected chi connectivity index (χ1v) is 12.6. The lowest BCUT2D eigenvalue weighted by molar-refractivity contribution is 0.256. The minimum Gasteiger partial charge on any atom is -0.481 e. The molecule has 2 heterocycles. The number of carbonyl (C=O) groups is 1. The van der Waals surface area contributed by atoms with Gasteiger partial charge in [0.15, 0.2) is 5.03 Å². The molecule has 0 unspecified atom stereocenters.